The van der Waals surface area contributed by atoms with E-state index in [1.54, 1.807) is 18.2 Å². The van der Waals surface area contributed by atoms with Crippen molar-refractivity contribution in [1.82, 2.24) is 5.32 Å². The molecule has 0 aliphatic heterocycles. The molecule has 1 aliphatic rings. The Kier molecular flexibility index (Phi) is 6.96. The number of hydrogen-bond acceptors (Lipinski definition) is 3. The molecule has 1 fully saturated rings. The minimum Gasteiger partial charge on any atom is -0.352 e. The van der Waals surface area contributed by atoms with Crippen molar-refractivity contribution in [2.24, 2.45) is 5.92 Å². The van der Waals surface area contributed by atoms with Gasteiger partial charge in [-0.1, -0.05) is 43.5 Å². The van der Waals surface area contributed by atoms with Gasteiger partial charge in [0.2, 0.25) is 10.0 Å². The van der Waals surface area contributed by atoms with E-state index in [1.807, 2.05) is 37.3 Å². The van der Waals surface area contributed by atoms with Crippen molar-refractivity contribution in [2.45, 2.75) is 45.6 Å². The molecular weight excluding hydrogens is 384 g/mol. The predicted octanol–water partition coefficient (Wildman–Crippen LogP) is 4.27. The number of benzene rings is 2. The van der Waals surface area contributed by atoms with Crippen LogP contribution in [-0.4, -0.2) is 27.1 Å². The minimum absolute atomic E-state index is 0.0687. The van der Waals surface area contributed by atoms with E-state index in [0.29, 0.717) is 17.2 Å². The number of nitrogens with one attached hydrogen (secondary N) is 1. The molecule has 2 aromatic rings. The lowest BCUT2D eigenvalue weighted by Crippen LogP contribution is -2.30. The second kappa shape index (κ2) is 9.44. The lowest BCUT2D eigenvalue weighted by molar-refractivity contribution is 0.0943. The summed E-state index contributed by atoms with van der Waals surface area (Å²) in [6.07, 6.45) is 7.42. The van der Waals surface area contributed by atoms with Crippen molar-refractivity contribution in [1.29, 1.82) is 0 Å². The topological polar surface area (TPSA) is 66.5 Å². The Bertz CT molecular complexity index is 933. The number of carbonyl (C=O) groups excluding carboxylic acids is 1. The van der Waals surface area contributed by atoms with Gasteiger partial charge in [-0.05, 0) is 61.1 Å². The van der Waals surface area contributed by atoms with Crippen LogP contribution in [-0.2, 0) is 16.6 Å². The Hall–Kier alpha value is -2.34. The highest BCUT2D eigenvalue weighted by molar-refractivity contribution is 7.92. The standard InChI is InChI=1S/C23H30N2O3S/c1-18-7-6-10-22(15-18)25(29(2,27)28)17-20-11-13-21(14-12-20)23(26)24-16-19-8-4-3-5-9-19/h6-7,10-15,19H,3-5,8-9,16-17H2,1-2H3,(H,24,26). The van der Waals surface area contributed by atoms with Gasteiger partial charge < -0.3 is 5.32 Å². The fourth-order valence-electron chi connectivity index (χ4n) is 3.84. The first-order valence-electron chi connectivity index (χ1n) is 10.2. The number of carbonyl (C=O) groups is 1. The Labute approximate surface area is 174 Å². The third-order valence-corrected chi connectivity index (χ3v) is 6.65. The fraction of sp³-hybridized carbons (Fsp3) is 0.435. The molecule has 1 saturated carbocycles. The fourth-order valence-corrected chi connectivity index (χ4v) is 4.72. The Morgan fingerprint density at radius 2 is 1.76 bits per heavy atom. The average Bonchev–Trinajstić information content (AvgIpc) is 2.70. The van der Waals surface area contributed by atoms with Gasteiger partial charge in [0.15, 0.2) is 0 Å². The van der Waals surface area contributed by atoms with Gasteiger partial charge in [-0.3, -0.25) is 9.10 Å². The van der Waals surface area contributed by atoms with Crippen molar-refractivity contribution in [3.63, 3.8) is 0 Å². The molecule has 3 rings (SSSR count). The summed E-state index contributed by atoms with van der Waals surface area (Å²) in [6, 6.07) is 14.6. The van der Waals surface area contributed by atoms with Crippen LogP contribution in [0.4, 0.5) is 5.69 Å². The molecular formula is C23H30N2O3S. The maximum Gasteiger partial charge on any atom is 0.251 e. The number of hydrogen-bond donors (Lipinski definition) is 1. The van der Waals surface area contributed by atoms with Crippen LogP contribution in [0.3, 0.4) is 0 Å². The average molecular weight is 415 g/mol. The summed E-state index contributed by atoms with van der Waals surface area (Å²) in [5.74, 6) is 0.519. The number of anilines is 1. The number of amides is 1. The summed E-state index contributed by atoms with van der Waals surface area (Å²) in [4.78, 5) is 12.4. The Balaban J connectivity index is 1.65. The van der Waals surface area contributed by atoms with Gasteiger partial charge in [0, 0.05) is 12.1 Å². The SMILES string of the molecule is Cc1cccc(N(Cc2ccc(C(=O)NCC3CCCCC3)cc2)S(C)(=O)=O)c1. The number of sulfonamides is 1. The third-order valence-electron chi connectivity index (χ3n) is 5.51. The summed E-state index contributed by atoms with van der Waals surface area (Å²) in [6.45, 7) is 2.90. The van der Waals surface area contributed by atoms with Crippen molar-refractivity contribution in [3.8, 4) is 0 Å². The van der Waals surface area contributed by atoms with Gasteiger partial charge in [0.1, 0.15) is 0 Å². The molecule has 0 spiro atoms. The predicted molar refractivity (Wildman–Crippen MR) is 118 cm³/mol. The highest BCUT2D eigenvalue weighted by Gasteiger charge is 2.19. The van der Waals surface area contributed by atoms with Crippen molar-refractivity contribution in [2.75, 3.05) is 17.1 Å². The monoisotopic (exact) mass is 414 g/mol. The molecule has 0 aromatic heterocycles. The highest BCUT2D eigenvalue weighted by Crippen LogP contribution is 2.23. The zero-order chi connectivity index (χ0) is 20.9. The lowest BCUT2D eigenvalue weighted by atomic mass is 9.89. The van der Waals surface area contributed by atoms with E-state index < -0.39 is 10.0 Å². The van der Waals surface area contributed by atoms with Crippen LogP contribution < -0.4 is 9.62 Å². The van der Waals surface area contributed by atoms with Gasteiger partial charge >= 0.3 is 0 Å². The van der Waals surface area contributed by atoms with Crippen LogP contribution in [0.15, 0.2) is 48.5 Å². The molecule has 1 N–H and O–H groups in total. The smallest absolute Gasteiger partial charge is 0.251 e. The number of aryl methyl sites for hydroxylation is 1. The maximum absolute atomic E-state index is 12.4. The van der Waals surface area contributed by atoms with Crippen LogP contribution >= 0.6 is 0 Å². The molecule has 1 amide bonds. The van der Waals surface area contributed by atoms with Gasteiger partial charge in [0.25, 0.3) is 5.91 Å². The molecule has 29 heavy (non-hydrogen) atoms. The van der Waals surface area contributed by atoms with Crippen molar-refractivity contribution >= 4 is 21.6 Å². The first kappa shape index (κ1) is 21.4. The summed E-state index contributed by atoms with van der Waals surface area (Å²) in [5.41, 5.74) is 3.08. The van der Waals surface area contributed by atoms with Gasteiger partial charge in [-0.2, -0.15) is 0 Å². The molecule has 1 aliphatic carbocycles. The zero-order valence-electron chi connectivity index (χ0n) is 17.2. The molecule has 6 heteroatoms. The van der Waals surface area contributed by atoms with Crippen LogP contribution in [0.1, 0.15) is 53.6 Å². The molecule has 0 radical (unpaired) electrons. The number of nitrogens with zero attached hydrogens (tertiary/aromatic N) is 1. The van der Waals surface area contributed by atoms with Crippen LogP contribution in [0.25, 0.3) is 0 Å². The van der Waals surface area contributed by atoms with E-state index in [1.165, 1.54) is 42.7 Å². The first-order valence-corrected chi connectivity index (χ1v) is 12.1. The van der Waals surface area contributed by atoms with E-state index in [9.17, 15) is 13.2 Å². The molecule has 0 heterocycles. The maximum atomic E-state index is 12.4. The summed E-state index contributed by atoms with van der Waals surface area (Å²) in [5, 5.41) is 3.04. The second-order valence-electron chi connectivity index (χ2n) is 8.02. The molecule has 0 unspecified atom stereocenters. The molecule has 5 nitrogen and oxygen atoms in total. The van der Waals surface area contributed by atoms with E-state index >= 15 is 0 Å². The van der Waals surface area contributed by atoms with Gasteiger partial charge in [-0.15, -0.1) is 0 Å². The molecule has 156 valence electrons. The Morgan fingerprint density at radius 1 is 1.07 bits per heavy atom. The van der Waals surface area contributed by atoms with E-state index in [-0.39, 0.29) is 12.5 Å². The molecule has 2 aromatic carbocycles. The summed E-state index contributed by atoms with van der Waals surface area (Å²) >= 11 is 0. The first-order chi connectivity index (χ1) is 13.8. The van der Waals surface area contributed by atoms with Crippen molar-refractivity contribution < 1.29 is 13.2 Å². The van der Waals surface area contributed by atoms with E-state index in [0.717, 1.165) is 17.7 Å². The van der Waals surface area contributed by atoms with Crippen LogP contribution in [0, 0.1) is 12.8 Å². The highest BCUT2D eigenvalue weighted by atomic mass is 32.2. The minimum atomic E-state index is -3.43. The quantitative estimate of drug-likeness (QED) is 0.736. The normalized spacial score (nSPS) is 15.1. The third kappa shape index (κ3) is 6.07. The van der Waals surface area contributed by atoms with E-state index in [4.69, 9.17) is 0 Å². The summed E-state index contributed by atoms with van der Waals surface area (Å²) < 4.78 is 26.0. The molecule has 0 bridgehead atoms. The molecule has 0 saturated heterocycles. The lowest BCUT2D eigenvalue weighted by Gasteiger charge is -2.23. The zero-order valence-corrected chi connectivity index (χ0v) is 18.0. The number of rotatable bonds is 7. The van der Waals surface area contributed by atoms with Gasteiger partial charge in [-0.25, -0.2) is 8.42 Å². The Morgan fingerprint density at radius 3 is 2.38 bits per heavy atom. The molecule has 0 atom stereocenters. The second-order valence-corrected chi connectivity index (χ2v) is 9.93. The summed E-state index contributed by atoms with van der Waals surface area (Å²) in [7, 11) is -3.43. The van der Waals surface area contributed by atoms with Crippen LogP contribution in [0.5, 0.6) is 0 Å². The van der Waals surface area contributed by atoms with Gasteiger partial charge in [0.05, 0.1) is 18.5 Å². The van der Waals surface area contributed by atoms with Crippen molar-refractivity contribution in [3.05, 3.63) is 65.2 Å². The van der Waals surface area contributed by atoms with E-state index in [2.05, 4.69) is 5.32 Å². The van der Waals surface area contributed by atoms with Crippen LogP contribution in [0.2, 0.25) is 0 Å². The largest absolute Gasteiger partial charge is 0.352 e.